The Morgan fingerprint density at radius 3 is 1.28 bits per heavy atom. The molecule has 0 aromatic rings. The van der Waals surface area contributed by atoms with Crippen molar-refractivity contribution < 1.29 is 63.0 Å². The van der Waals surface area contributed by atoms with E-state index in [0.717, 1.165) is 14.7 Å². The van der Waals surface area contributed by atoms with E-state index in [2.05, 4.69) is 21.3 Å². The van der Waals surface area contributed by atoms with E-state index in [1.807, 2.05) is 74.5 Å². The van der Waals surface area contributed by atoms with Gasteiger partial charge >= 0.3 is 0 Å². The highest BCUT2D eigenvalue weighted by Crippen LogP contribution is 2.26. The first kappa shape index (κ1) is 78.8. The lowest BCUT2D eigenvalue weighted by molar-refractivity contribution is -0.157. The highest BCUT2D eigenvalue weighted by Gasteiger charge is 2.46. The molecular formula is C63H113N11O13. The number of amides is 11. The molecule has 0 aromatic heterocycles. The van der Waals surface area contributed by atoms with E-state index in [0.29, 0.717) is 6.42 Å². The number of nitrogens with zero attached hydrogens (tertiary/aromatic N) is 7. The molecule has 6 N–H and O–H groups in total. The summed E-state index contributed by atoms with van der Waals surface area (Å²) in [5.74, 6) is -10.7. The van der Waals surface area contributed by atoms with Crippen molar-refractivity contribution in [3.8, 4) is 0 Å². The number of hydrogen-bond acceptors (Lipinski definition) is 13. The second-order valence-corrected chi connectivity index (χ2v) is 26.7. The number of aliphatic hydroxyl groups excluding tert-OH is 2. The van der Waals surface area contributed by atoms with Crippen molar-refractivity contribution in [1.29, 1.82) is 0 Å². The molecule has 24 nitrogen and oxygen atoms in total. The molecule has 4 unspecified atom stereocenters. The second-order valence-electron chi connectivity index (χ2n) is 26.7. The first-order chi connectivity index (χ1) is 40.1. The summed E-state index contributed by atoms with van der Waals surface area (Å²) in [6.07, 6.45) is 1.98. The standard InChI is InChI=1S/C63H113N11O13/c1-25-26-27-28-40(14)53(77)52-57(81)67-50(43(17)75)61(85)68(18)33-48(76)69(19)44(29-34(2)3)56(80)66-49(38(10)11)62(86)70(20)45(30-35(4)5)55(79)64-41(15)54(78)65-42(16)58(82)71(21)46(31-36(6)7)59(83)72(22)47(32-37(8)9)60(84)73(23)51(39(12)13)63(87)74(52)24/h26-27,34-47,49-53,75,77H,25,28-33H2,1-24H3,(H,64,79)(H,65,78)(H,66,80)(H,67,81)/b27-26+/t40-,41?,42-,43?,44-,45-,46+,47+,49-,50?,51+,52?,53-/m1/s1. The molecule has 0 aromatic carbocycles. The van der Waals surface area contributed by atoms with Crippen LogP contribution in [0.15, 0.2) is 12.2 Å². The number of aliphatic hydroxyl groups is 2. The first-order valence-electron chi connectivity index (χ1n) is 31.2. The van der Waals surface area contributed by atoms with Gasteiger partial charge in [0, 0.05) is 49.3 Å². The number of carbonyl (C=O) groups is 11. The monoisotopic (exact) mass is 1230 g/mol. The van der Waals surface area contributed by atoms with Crippen LogP contribution in [0.25, 0.3) is 0 Å². The van der Waals surface area contributed by atoms with Crippen LogP contribution in [-0.2, 0) is 52.7 Å². The summed E-state index contributed by atoms with van der Waals surface area (Å²) in [7, 11) is 9.64. The molecule has 0 radical (unpaired) electrons. The smallest absolute Gasteiger partial charge is 0.248 e. The molecule has 0 saturated carbocycles. The average molecular weight is 1230 g/mol. The minimum absolute atomic E-state index is 0.113. The molecule has 1 saturated heterocycles. The Hall–Kier alpha value is -6.17. The average Bonchev–Trinajstić information content (AvgIpc) is 1.17. The Morgan fingerprint density at radius 1 is 0.425 bits per heavy atom. The van der Waals surface area contributed by atoms with Gasteiger partial charge in [0.25, 0.3) is 0 Å². The summed E-state index contributed by atoms with van der Waals surface area (Å²) < 4.78 is 0. The molecule has 13 atom stereocenters. The Kier molecular flexibility index (Phi) is 32.4. The maximum absolute atomic E-state index is 15.2. The third kappa shape index (κ3) is 22.4. The maximum Gasteiger partial charge on any atom is 0.248 e. The quantitative estimate of drug-likeness (QED) is 0.121. The van der Waals surface area contributed by atoms with Crippen LogP contribution in [0, 0.1) is 41.4 Å². The molecule has 0 aliphatic carbocycles. The van der Waals surface area contributed by atoms with Crippen LogP contribution in [0.5, 0.6) is 0 Å². The van der Waals surface area contributed by atoms with E-state index < -0.39 is 162 Å². The first-order valence-corrected chi connectivity index (χ1v) is 31.2. The van der Waals surface area contributed by atoms with Gasteiger partial charge in [0.05, 0.1) is 18.8 Å². The Morgan fingerprint density at radius 2 is 0.828 bits per heavy atom. The Bertz CT molecular complexity index is 2380. The highest BCUT2D eigenvalue weighted by molar-refractivity contribution is 5.99. The molecule has 24 heteroatoms. The molecular weight excluding hydrogens is 1120 g/mol. The molecule has 1 aliphatic rings. The molecule has 11 amide bonds. The van der Waals surface area contributed by atoms with E-state index in [9.17, 15) is 53.4 Å². The minimum Gasteiger partial charge on any atom is -0.391 e. The van der Waals surface area contributed by atoms with Gasteiger partial charge in [-0.2, -0.15) is 0 Å². The lowest BCUT2D eigenvalue weighted by Gasteiger charge is -2.41. The van der Waals surface area contributed by atoms with Crippen LogP contribution in [0.1, 0.15) is 156 Å². The Labute approximate surface area is 520 Å². The zero-order valence-electron chi connectivity index (χ0n) is 57.1. The van der Waals surface area contributed by atoms with Gasteiger partial charge in [-0.25, -0.2) is 0 Å². The molecule has 1 fully saturated rings. The van der Waals surface area contributed by atoms with E-state index >= 15 is 9.59 Å². The van der Waals surface area contributed by atoms with Gasteiger partial charge in [0.15, 0.2) is 0 Å². The molecule has 1 rings (SSSR count). The summed E-state index contributed by atoms with van der Waals surface area (Å²) >= 11 is 0. The fourth-order valence-electron chi connectivity index (χ4n) is 10.8. The van der Waals surface area contributed by atoms with Gasteiger partial charge in [0.2, 0.25) is 65.0 Å². The van der Waals surface area contributed by atoms with E-state index in [1.54, 1.807) is 34.6 Å². The maximum atomic E-state index is 15.2. The molecule has 87 heavy (non-hydrogen) atoms. The number of carbonyl (C=O) groups excluding carboxylic acids is 11. The van der Waals surface area contributed by atoms with Gasteiger partial charge in [-0.1, -0.05) is 109 Å². The molecule has 1 aliphatic heterocycles. The summed E-state index contributed by atoms with van der Waals surface area (Å²) in [4.78, 5) is 169. The fraction of sp³-hybridized carbons (Fsp3) is 0.794. The van der Waals surface area contributed by atoms with Crippen LogP contribution in [0.2, 0.25) is 0 Å². The van der Waals surface area contributed by atoms with Crippen molar-refractivity contribution in [3.63, 3.8) is 0 Å². The van der Waals surface area contributed by atoms with Gasteiger partial charge < -0.3 is 65.8 Å². The van der Waals surface area contributed by atoms with Gasteiger partial charge in [-0.05, 0) is 101 Å². The summed E-state index contributed by atoms with van der Waals surface area (Å²) in [5, 5.41) is 34.1. The number of rotatable bonds is 16. The fourth-order valence-corrected chi connectivity index (χ4v) is 10.8. The third-order valence-corrected chi connectivity index (χ3v) is 16.3. The predicted octanol–water partition coefficient (Wildman–Crippen LogP) is 2.63. The molecule has 0 bridgehead atoms. The zero-order chi connectivity index (χ0) is 67.6. The van der Waals surface area contributed by atoms with Crippen molar-refractivity contribution in [2.24, 2.45) is 41.4 Å². The highest BCUT2D eigenvalue weighted by atomic mass is 16.3. The number of nitrogens with one attached hydrogen (secondary N) is 4. The SMILES string of the molecule is CC/C=C/C[C@@H](C)[C@@H](O)C1C(=O)NC(C(C)O)C(=O)N(C)CC(=O)N(C)[C@H](CC(C)C)C(=O)N[C@H](C(C)C)C(=O)N(C)[C@H](CC(C)C)C(=O)NC(C)C(=O)N[C@H](C)C(=O)N(C)[C@@H](CC(C)C)C(=O)N(C)[C@@H](CC(C)C)C(=O)N(C)[C@@H](C(C)C)C(=O)N1C. The summed E-state index contributed by atoms with van der Waals surface area (Å²) in [5.41, 5.74) is 0. The summed E-state index contributed by atoms with van der Waals surface area (Å²) in [6.45, 7) is 28.7. The van der Waals surface area contributed by atoms with Crippen molar-refractivity contribution in [1.82, 2.24) is 55.6 Å². The molecule has 1 heterocycles. The van der Waals surface area contributed by atoms with Crippen molar-refractivity contribution >= 4 is 65.0 Å². The van der Waals surface area contributed by atoms with Crippen LogP contribution >= 0.6 is 0 Å². The number of allylic oxidation sites excluding steroid dienone is 2. The van der Waals surface area contributed by atoms with Crippen LogP contribution in [-0.4, -0.2) is 238 Å². The largest absolute Gasteiger partial charge is 0.391 e. The topological polar surface area (TPSA) is 299 Å². The lowest BCUT2D eigenvalue weighted by atomic mass is 9.91. The zero-order valence-corrected chi connectivity index (χ0v) is 57.1. The second kappa shape index (κ2) is 35.7. The molecule has 498 valence electrons. The molecule has 0 spiro atoms. The van der Waals surface area contributed by atoms with Crippen LogP contribution < -0.4 is 21.3 Å². The number of likely N-dealkylation sites (N-methyl/N-ethyl adjacent to an activating group) is 7. The van der Waals surface area contributed by atoms with Crippen LogP contribution in [0.3, 0.4) is 0 Å². The van der Waals surface area contributed by atoms with E-state index in [1.165, 1.54) is 89.7 Å². The Balaban J connectivity index is 4.38. The van der Waals surface area contributed by atoms with Gasteiger partial charge in [-0.15, -0.1) is 0 Å². The summed E-state index contributed by atoms with van der Waals surface area (Å²) in [6, 6.07) is -13.2. The van der Waals surface area contributed by atoms with Crippen LogP contribution in [0.4, 0.5) is 0 Å². The van der Waals surface area contributed by atoms with Crippen molar-refractivity contribution in [3.05, 3.63) is 12.2 Å². The van der Waals surface area contributed by atoms with Gasteiger partial charge in [-0.3, -0.25) is 52.7 Å². The van der Waals surface area contributed by atoms with Crippen molar-refractivity contribution in [2.75, 3.05) is 55.9 Å². The minimum atomic E-state index is -1.74. The van der Waals surface area contributed by atoms with E-state index in [4.69, 9.17) is 0 Å². The predicted molar refractivity (Wildman–Crippen MR) is 334 cm³/mol. The lowest BCUT2D eigenvalue weighted by Crippen LogP contribution is -2.64. The third-order valence-electron chi connectivity index (χ3n) is 16.3. The van der Waals surface area contributed by atoms with E-state index in [-0.39, 0.29) is 55.8 Å². The van der Waals surface area contributed by atoms with Gasteiger partial charge in [0.1, 0.15) is 60.4 Å². The normalized spacial score (nSPS) is 26.9. The van der Waals surface area contributed by atoms with Crippen molar-refractivity contribution in [2.45, 2.75) is 229 Å². The number of hydrogen-bond donors (Lipinski definition) is 6.